The van der Waals surface area contributed by atoms with E-state index < -0.39 is 0 Å². The monoisotopic (exact) mass is 262 g/mol. The molecule has 0 radical (unpaired) electrons. The van der Waals surface area contributed by atoms with Crippen molar-refractivity contribution in [3.8, 4) is 5.75 Å². The van der Waals surface area contributed by atoms with Crippen molar-refractivity contribution in [2.75, 3.05) is 13.2 Å². The molecule has 0 bridgehead atoms. The van der Waals surface area contributed by atoms with Crippen molar-refractivity contribution in [3.05, 3.63) is 23.0 Å². The summed E-state index contributed by atoms with van der Waals surface area (Å²) in [5.74, 6) is 0.810. The van der Waals surface area contributed by atoms with Crippen LogP contribution in [0.15, 0.2) is 12.3 Å². The molecule has 0 aromatic carbocycles. The predicted octanol–water partition coefficient (Wildman–Crippen LogP) is 2.46. The van der Waals surface area contributed by atoms with E-state index in [4.69, 9.17) is 16.3 Å². The molecule has 2 rings (SSSR count). The molecule has 1 N–H and O–H groups in total. The molecule has 1 aromatic heterocycles. The van der Waals surface area contributed by atoms with Gasteiger partial charge in [-0.2, -0.15) is 0 Å². The van der Waals surface area contributed by atoms with E-state index in [1.807, 2.05) is 6.07 Å². The number of aromatic nitrogens is 1. The van der Waals surface area contributed by atoms with Crippen molar-refractivity contribution in [1.29, 1.82) is 0 Å². The van der Waals surface area contributed by atoms with Crippen LogP contribution in [0.25, 0.3) is 0 Å². The van der Waals surface area contributed by atoms with E-state index >= 15 is 0 Å². The molecule has 16 heavy (non-hydrogen) atoms. The number of aryl methyl sites for hydroxylation is 1. The highest BCUT2D eigenvalue weighted by Crippen LogP contribution is 2.20. The Balaban J connectivity index is 0.00000128. The van der Waals surface area contributed by atoms with Gasteiger partial charge < -0.3 is 10.1 Å². The van der Waals surface area contributed by atoms with E-state index in [-0.39, 0.29) is 12.4 Å². The molecule has 1 aromatic rings. The van der Waals surface area contributed by atoms with Crippen LogP contribution in [0.5, 0.6) is 5.75 Å². The van der Waals surface area contributed by atoms with Crippen LogP contribution in [-0.4, -0.2) is 24.2 Å². The van der Waals surface area contributed by atoms with Gasteiger partial charge in [0.25, 0.3) is 0 Å². The maximum absolute atomic E-state index is 5.92. The lowest BCUT2D eigenvalue weighted by Gasteiger charge is -2.27. The Hall–Kier alpha value is -0.510. The van der Waals surface area contributed by atoms with Gasteiger partial charge >= 0.3 is 0 Å². The van der Waals surface area contributed by atoms with E-state index in [1.165, 1.54) is 6.42 Å². The molecular formula is C11H16Cl2N2O. The number of halogens is 2. The summed E-state index contributed by atoms with van der Waals surface area (Å²) in [6.07, 6.45) is 3.76. The fraction of sp³-hybridized carbons (Fsp3) is 0.545. The molecule has 0 spiro atoms. The first-order valence-corrected chi connectivity index (χ1v) is 5.68. The highest BCUT2D eigenvalue weighted by molar-refractivity contribution is 6.30. The molecule has 90 valence electrons. The summed E-state index contributed by atoms with van der Waals surface area (Å²) in [5, 5.41) is 3.86. The Morgan fingerprint density at radius 2 is 2.38 bits per heavy atom. The second kappa shape index (κ2) is 6.28. The van der Waals surface area contributed by atoms with Gasteiger partial charge in [0.05, 0.1) is 6.20 Å². The van der Waals surface area contributed by atoms with Crippen molar-refractivity contribution < 1.29 is 4.74 Å². The van der Waals surface area contributed by atoms with Crippen LogP contribution >= 0.6 is 24.0 Å². The summed E-state index contributed by atoms with van der Waals surface area (Å²) < 4.78 is 5.62. The summed E-state index contributed by atoms with van der Waals surface area (Å²) >= 11 is 5.92. The fourth-order valence-electron chi connectivity index (χ4n) is 1.49. The van der Waals surface area contributed by atoms with Crippen molar-refractivity contribution in [3.63, 3.8) is 0 Å². The Kier molecular flexibility index (Phi) is 5.32. The highest BCUT2D eigenvalue weighted by atomic mass is 35.5. The number of pyridine rings is 1. The molecule has 1 atom stereocenters. The van der Waals surface area contributed by atoms with Gasteiger partial charge in [-0.1, -0.05) is 18.5 Å². The highest BCUT2D eigenvalue weighted by Gasteiger charge is 2.16. The molecule has 0 saturated carbocycles. The van der Waals surface area contributed by atoms with Crippen LogP contribution in [-0.2, 0) is 6.42 Å². The number of ether oxygens (including phenoxy) is 1. The lowest BCUT2D eigenvalue weighted by molar-refractivity contribution is 0.217. The largest absolute Gasteiger partial charge is 0.490 e. The van der Waals surface area contributed by atoms with Crippen LogP contribution in [0.4, 0.5) is 0 Å². The lowest BCUT2D eigenvalue weighted by atomic mass is 10.1. The van der Waals surface area contributed by atoms with Crippen LogP contribution in [0.3, 0.4) is 0 Å². The van der Waals surface area contributed by atoms with Gasteiger partial charge in [-0.25, -0.2) is 4.98 Å². The van der Waals surface area contributed by atoms with E-state index in [1.54, 1.807) is 6.20 Å². The first-order chi connectivity index (χ1) is 7.29. The normalized spacial score (nSPS) is 18.5. The number of hydrogen-bond donors (Lipinski definition) is 1. The van der Waals surface area contributed by atoms with Crippen LogP contribution in [0.2, 0.25) is 5.15 Å². The molecule has 3 nitrogen and oxygen atoms in total. The smallest absolute Gasteiger partial charge is 0.138 e. The fourth-order valence-corrected chi connectivity index (χ4v) is 1.72. The van der Waals surface area contributed by atoms with Gasteiger partial charge in [-0.15, -0.1) is 12.4 Å². The molecule has 2 heterocycles. The first kappa shape index (κ1) is 13.6. The summed E-state index contributed by atoms with van der Waals surface area (Å²) in [6.45, 7) is 3.87. The second-order valence-corrected chi connectivity index (χ2v) is 4.08. The minimum Gasteiger partial charge on any atom is -0.490 e. The summed E-state index contributed by atoms with van der Waals surface area (Å²) in [4.78, 5) is 4.09. The van der Waals surface area contributed by atoms with Gasteiger partial charge in [-0.05, 0) is 31.0 Å². The topological polar surface area (TPSA) is 34.1 Å². The first-order valence-electron chi connectivity index (χ1n) is 5.30. The Morgan fingerprint density at radius 1 is 1.62 bits per heavy atom. The van der Waals surface area contributed by atoms with Gasteiger partial charge in [0, 0.05) is 6.04 Å². The number of hydrogen-bond acceptors (Lipinski definition) is 3. The lowest BCUT2D eigenvalue weighted by Crippen LogP contribution is -2.46. The minimum absolute atomic E-state index is 0. The maximum Gasteiger partial charge on any atom is 0.138 e. The van der Waals surface area contributed by atoms with Crippen molar-refractivity contribution in [2.24, 2.45) is 0 Å². The maximum atomic E-state index is 5.92. The van der Waals surface area contributed by atoms with Crippen molar-refractivity contribution in [2.45, 2.75) is 25.8 Å². The van der Waals surface area contributed by atoms with E-state index in [0.717, 1.165) is 24.3 Å². The van der Waals surface area contributed by atoms with E-state index in [2.05, 4.69) is 17.2 Å². The number of rotatable bonds is 4. The molecule has 0 unspecified atom stereocenters. The van der Waals surface area contributed by atoms with Crippen molar-refractivity contribution in [1.82, 2.24) is 10.3 Å². The van der Waals surface area contributed by atoms with Gasteiger partial charge in [0.15, 0.2) is 0 Å². The molecule has 1 fully saturated rings. The minimum atomic E-state index is 0. The second-order valence-electron chi connectivity index (χ2n) is 3.73. The molecule has 0 amide bonds. The number of nitrogens with zero attached hydrogens (tertiary/aromatic N) is 1. The molecule has 1 saturated heterocycles. The van der Waals surface area contributed by atoms with Crippen LogP contribution in [0.1, 0.15) is 18.9 Å². The zero-order chi connectivity index (χ0) is 10.7. The Bertz CT molecular complexity index is 343. The van der Waals surface area contributed by atoms with Crippen molar-refractivity contribution >= 4 is 24.0 Å². The quantitative estimate of drug-likeness (QED) is 0.847. The van der Waals surface area contributed by atoms with E-state index in [0.29, 0.717) is 17.8 Å². The molecule has 1 aliphatic rings. The average molecular weight is 263 g/mol. The molecule has 0 aliphatic carbocycles. The zero-order valence-corrected chi connectivity index (χ0v) is 10.8. The third-order valence-corrected chi connectivity index (χ3v) is 2.98. The third-order valence-electron chi connectivity index (χ3n) is 2.64. The third kappa shape index (κ3) is 3.24. The Morgan fingerprint density at radius 3 is 2.94 bits per heavy atom. The summed E-state index contributed by atoms with van der Waals surface area (Å²) in [7, 11) is 0. The molecular weight excluding hydrogens is 247 g/mol. The van der Waals surface area contributed by atoms with Crippen LogP contribution in [0, 0.1) is 0 Å². The van der Waals surface area contributed by atoms with E-state index in [9.17, 15) is 0 Å². The van der Waals surface area contributed by atoms with Gasteiger partial charge in [0.1, 0.15) is 17.5 Å². The van der Waals surface area contributed by atoms with Crippen LogP contribution < -0.4 is 10.1 Å². The zero-order valence-electron chi connectivity index (χ0n) is 9.20. The van der Waals surface area contributed by atoms with Gasteiger partial charge in [-0.3, -0.25) is 0 Å². The number of nitrogens with one attached hydrogen (secondary N) is 1. The van der Waals surface area contributed by atoms with Gasteiger partial charge in [0.2, 0.25) is 0 Å². The summed E-state index contributed by atoms with van der Waals surface area (Å²) in [5.41, 5.74) is 1.04. The molecule has 5 heteroatoms. The SMILES string of the molecule is CCc1cc(OC[C@@H]2CCN2)cnc1Cl.Cl. The predicted molar refractivity (Wildman–Crippen MR) is 67.8 cm³/mol. The Labute approximate surface area is 107 Å². The summed E-state index contributed by atoms with van der Waals surface area (Å²) in [6, 6.07) is 2.47. The average Bonchev–Trinajstić information content (AvgIpc) is 2.18. The molecule has 1 aliphatic heterocycles. The standard InChI is InChI=1S/C11H15ClN2O.ClH/c1-2-8-5-10(6-14-11(8)12)15-7-9-3-4-13-9;/h5-6,9,13H,2-4,7H2,1H3;1H/t9-;/m0./s1.